The molecule has 3 rings (SSSR count). The number of hydrogen-bond donors (Lipinski definition) is 0. The predicted octanol–water partition coefficient (Wildman–Crippen LogP) is 5.79. The van der Waals surface area contributed by atoms with E-state index in [-0.39, 0.29) is 10.6 Å². The van der Waals surface area contributed by atoms with Crippen LogP contribution in [0.4, 0.5) is 5.69 Å². The molecule has 0 N–H and O–H groups in total. The van der Waals surface area contributed by atoms with Crippen LogP contribution in [0.5, 0.6) is 11.5 Å². The highest BCUT2D eigenvalue weighted by Crippen LogP contribution is 2.29. The van der Waals surface area contributed by atoms with Gasteiger partial charge in [-0.3, -0.25) is 4.79 Å². The fourth-order valence-corrected chi connectivity index (χ4v) is 4.81. The Labute approximate surface area is 207 Å². The Morgan fingerprint density at radius 3 is 2.23 bits per heavy atom. The molecule has 35 heavy (non-hydrogen) atoms. The third kappa shape index (κ3) is 6.31. The molecule has 0 aliphatic rings. The zero-order valence-corrected chi connectivity index (χ0v) is 21.3. The number of methoxy groups -OCH3 is 1. The molecule has 3 aromatic carbocycles. The number of carbonyl (C=O) groups excluding carboxylic acids is 1. The summed E-state index contributed by atoms with van der Waals surface area (Å²) >= 11 is 0. The summed E-state index contributed by atoms with van der Waals surface area (Å²) in [6.07, 6.45) is 4.48. The highest BCUT2D eigenvalue weighted by molar-refractivity contribution is 7.93. The van der Waals surface area contributed by atoms with Crippen LogP contribution >= 0.6 is 0 Å². The molecular weight excluding hydrogens is 462 g/mol. The maximum atomic E-state index is 13.5. The van der Waals surface area contributed by atoms with Crippen LogP contribution in [0.3, 0.4) is 0 Å². The molecule has 184 valence electrons. The van der Waals surface area contributed by atoms with E-state index in [0.717, 1.165) is 28.3 Å². The lowest BCUT2D eigenvalue weighted by atomic mass is 10.1. The second-order valence-electron chi connectivity index (χ2n) is 8.03. The number of amides is 1. The molecule has 0 atom stereocenters. The average Bonchev–Trinajstić information content (AvgIpc) is 2.87. The van der Waals surface area contributed by atoms with E-state index in [1.807, 2.05) is 32.9 Å². The molecule has 0 saturated heterocycles. The standard InChI is InChI=1S/C28H31NO5S/c1-5-19-34-26-17-11-23(20-27(26)33-4)12-18-28(30)29(24-13-9-22(6-2)10-14-24)35(31,32)25-15-7-21(3)8-16-25/h7-18,20H,5-6,19H2,1-4H3/b18-12+. The molecule has 0 aromatic heterocycles. The molecule has 0 saturated carbocycles. The van der Waals surface area contributed by atoms with Crippen molar-refractivity contribution in [2.45, 2.75) is 38.5 Å². The molecule has 3 aromatic rings. The van der Waals surface area contributed by atoms with E-state index in [0.29, 0.717) is 23.7 Å². The first-order valence-electron chi connectivity index (χ1n) is 11.5. The van der Waals surface area contributed by atoms with Gasteiger partial charge in [-0.2, -0.15) is 4.31 Å². The van der Waals surface area contributed by atoms with Crippen molar-refractivity contribution in [1.29, 1.82) is 0 Å². The van der Waals surface area contributed by atoms with Crippen LogP contribution in [0.25, 0.3) is 6.08 Å². The number of benzene rings is 3. The van der Waals surface area contributed by atoms with Gasteiger partial charge in [0.1, 0.15) is 0 Å². The Morgan fingerprint density at radius 2 is 1.63 bits per heavy atom. The van der Waals surface area contributed by atoms with Crippen LogP contribution in [0.2, 0.25) is 0 Å². The van der Waals surface area contributed by atoms with Gasteiger partial charge < -0.3 is 9.47 Å². The van der Waals surface area contributed by atoms with E-state index in [1.54, 1.807) is 55.7 Å². The Morgan fingerprint density at radius 1 is 0.943 bits per heavy atom. The van der Waals surface area contributed by atoms with E-state index in [2.05, 4.69) is 0 Å². The van der Waals surface area contributed by atoms with Crippen molar-refractivity contribution in [3.05, 3.63) is 89.5 Å². The molecule has 6 nitrogen and oxygen atoms in total. The van der Waals surface area contributed by atoms with Crippen LogP contribution in [0, 0.1) is 6.92 Å². The van der Waals surface area contributed by atoms with Crippen molar-refractivity contribution in [3.8, 4) is 11.5 Å². The number of anilines is 1. The van der Waals surface area contributed by atoms with Crippen molar-refractivity contribution < 1.29 is 22.7 Å². The Bertz CT molecular complexity index is 1280. The normalized spacial score (nSPS) is 11.4. The maximum Gasteiger partial charge on any atom is 0.271 e. The lowest BCUT2D eigenvalue weighted by Crippen LogP contribution is -2.35. The highest BCUT2D eigenvalue weighted by Gasteiger charge is 2.29. The van der Waals surface area contributed by atoms with Gasteiger partial charge in [-0.25, -0.2) is 8.42 Å². The van der Waals surface area contributed by atoms with E-state index in [4.69, 9.17) is 9.47 Å². The summed E-state index contributed by atoms with van der Waals surface area (Å²) < 4.78 is 39.0. The number of ether oxygens (including phenoxy) is 2. The monoisotopic (exact) mass is 493 g/mol. The number of aryl methyl sites for hydroxylation is 2. The lowest BCUT2D eigenvalue weighted by Gasteiger charge is -2.22. The fourth-order valence-electron chi connectivity index (χ4n) is 3.42. The molecule has 0 heterocycles. The topological polar surface area (TPSA) is 72.9 Å². The molecule has 0 bridgehead atoms. The first-order valence-corrected chi connectivity index (χ1v) is 13.0. The quantitative estimate of drug-likeness (QED) is 0.334. The summed E-state index contributed by atoms with van der Waals surface area (Å²) in [7, 11) is -2.59. The Hall–Kier alpha value is -3.58. The van der Waals surface area contributed by atoms with E-state index < -0.39 is 15.9 Å². The van der Waals surface area contributed by atoms with Crippen molar-refractivity contribution in [2.75, 3.05) is 18.0 Å². The van der Waals surface area contributed by atoms with Gasteiger partial charge >= 0.3 is 0 Å². The summed E-state index contributed by atoms with van der Waals surface area (Å²) in [5.41, 5.74) is 2.92. The van der Waals surface area contributed by atoms with Gasteiger partial charge in [-0.05, 0) is 73.4 Å². The number of rotatable bonds is 10. The molecule has 0 spiro atoms. The summed E-state index contributed by atoms with van der Waals surface area (Å²) in [5, 5.41) is 0. The Balaban J connectivity index is 1.98. The average molecular weight is 494 g/mol. The minimum Gasteiger partial charge on any atom is -0.493 e. The van der Waals surface area contributed by atoms with Crippen molar-refractivity contribution in [3.63, 3.8) is 0 Å². The van der Waals surface area contributed by atoms with E-state index in [1.165, 1.54) is 18.2 Å². The van der Waals surface area contributed by atoms with Crippen molar-refractivity contribution >= 4 is 27.7 Å². The second kappa shape index (κ2) is 11.7. The molecule has 0 unspecified atom stereocenters. The zero-order chi connectivity index (χ0) is 25.4. The van der Waals surface area contributed by atoms with Crippen LogP contribution in [-0.4, -0.2) is 28.0 Å². The SMILES string of the molecule is CCCOc1ccc(/C=C/C(=O)N(c2ccc(CC)cc2)S(=O)(=O)c2ccc(C)cc2)cc1OC. The van der Waals surface area contributed by atoms with Crippen molar-refractivity contribution in [1.82, 2.24) is 0 Å². The number of hydrogen-bond acceptors (Lipinski definition) is 5. The molecule has 7 heteroatoms. The van der Waals surface area contributed by atoms with Crippen LogP contribution in [0.1, 0.15) is 37.0 Å². The molecule has 0 aliphatic carbocycles. The molecule has 0 aliphatic heterocycles. The molecule has 0 fully saturated rings. The van der Waals surface area contributed by atoms with Gasteiger partial charge in [-0.1, -0.05) is 49.7 Å². The van der Waals surface area contributed by atoms with Gasteiger partial charge in [0.05, 0.1) is 24.3 Å². The fraction of sp³-hybridized carbons (Fsp3) is 0.250. The van der Waals surface area contributed by atoms with Gasteiger partial charge in [0.15, 0.2) is 11.5 Å². The number of carbonyl (C=O) groups is 1. The molecule has 1 amide bonds. The minimum absolute atomic E-state index is 0.0449. The van der Waals surface area contributed by atoms with Gasteiger partial charge in [0, 0.05) is 6.08 Å². The smallest absolute Gasteiger partial charge is 0.271 e. The van der Waals surface area contributed by atoms with Crippen molar-refractivity contribution in [2.24, 2.45) is 0 Å². The van der Waals surface area contributed by atoms with Gasteiger partial charge in [0.25, 0.3) is 15.9 Å². The predicted molar refractivity (Wildman–Crippen MR) is 139 cm³/mol. The first-order chi connectivity index (χ1) is 16.8. The third-order valence-corrected chi connectivity index (χ3v) is 7.15. The van der Waals surface area contributed by atoms with E-state index in [9.17, 15) is 13.2 Å². The highest BCUT2D eigenvalue weighted by atomic mass is 32.2. The van der Waals surface area contributed by atoms with E-state index >= 15 is 0 Å². The van der Waals surface area contributed by atoms with Crippen LogP contribution in [-0.2, 0) is 21.2 Å². The zero-order valence-electron chi connectivity index (χ0n) is 20.5. The number of sulfonamides is 1. The van der Waals surface area contributed by atoms with Crippen LogP contribution in [0.15, 0.2) is 77.7 Å². The summed E-state index contributed by atoms with van der Waals surface area (Å²) in [6, 6.07) is 18.7. The maximum absolute atomic E-state index is 13.5. The van der Waals surface area contributed by atoms with Gasteiger partial charge in [-0.15, -0.1) is 0 Å². The minimum atomic E-state index is -4.14. The molecule has 0 radical (unpaired) electrons. The summed E-state index contributed by atoms with van der Waals surface area (Å²) in [6.45, 7) is 6.46. The Kier molecular flexibility index (Phi) is 8.71. The van der Waals surface area contributed by atoms with Crippen LogP contribution < -0.4 is 13.8 Å². The molecular formula is C28H31NO5S. The summed E-state index contributed by atoms with van der Waals surface area (Å²) in [4.78, 5) is 13.4. The number of nitrogens with zero attached hydrogens (tertiary/aromatic N) is 1. The largest absolute Gasteiger partial charge is 0.493 e. The summed E-state index contributed by atoms with van der Waals surface area (Å²) in [5.74, 6) is 0.463. The third-order valence-electron chi connectivity index (χ3n) is 5.41. The second-order valence-corrected chi connectivity index (χ2v) is 9.82. The van der Waals surface area contributed by atoms with Gasteiger partial charge in [0.2, 0.25) is 0 Å². The lowest BCUT2D eigenvalue weighted by molar-refractivity contribution is -0.113. The first kappa shape index (κ1) is 26.0.